The molecule has 1 saturated carbocycles. The Kier molecular flexibility index (Phi) is 2.25. The number of aryl methyl sites for hydroxylation is 1. The third-order valence-corrected chi connectivity index (χ3v) is 2.69. The van der Waals surface area contributed by atoms with Crippen LogP contribution in [0.15, 0.2) is 6.20 Å². The van der Waals surface area contributed by atoms with Crippen LogP contribution in [-0.4, -0.2) is 15.6 Å². The number of anilines is 1. The van der Waals surface area contributed by atoms with Gasteiger partial charge in [0.1, 0.15) is 0 Å². The summed E-state index contributed by atoms with van der Waals surface area (Å²) >= 11 is 0. The Bertz CT molecular complexity index is 327. The zero-order valence-corrected chi connectivity index (χ0v) is 9.41. The Morgan fingerprint density at radius 2 is 2.21 bits per heavy atom. The number of rotatable bonds is 3. The van der Waals surface area contributed by atoms with Gasteiger partial charge in [-0.1, -0.05) is 6.92 Å². The molecule has 1 fully saturated rings. The van der Waals surface area contributed by atoms with E-state index < -0.39 is 0 Å². The molecule has 2 unspecified atom stereocenters. The van der Waals surface area contributed by atoms with Crippen LogP contribution in [0.4, 0.5) is 5.95 Å². The van der Waals surface area contributed by atoms with Gasteiger partial charge in [-0.2, -0.15) is 0 Å². The molecule has 2 atom stereocenters. The van der Waals surface area contributed by atoms with Crippen LogP contribution in [0.1, 0.15) is 38.9 Å². The van der Waals surface area contributed by atoms with Gasteiger partial charge in [-0.15, -0.1) is 0 Å². The van der Waals surface area contributed by atoms with E-state index in [1.807, 2.05) is 0 Å². The predicted octanol–water partition coefficient (Wildman–Crippen LogP) is 2.59. The standard InChI is InChI=1S/C11H19N3/c1-7(2)12-11-13-9(4)6-14(11)10-5-8(10)3/h6-8,10H,5H2,1-4H3,(H,12,13). The average molecular weight is 193 g/mol. The minimum atomic E-state index is 0.449. The fourth-order valence-corrected chi connectivity index (χ4v) is 1.82. The lowest BCUT2D eigenvalue weighted by Gasteiger charge is -2.11. The first kappa shape index (κ1) is 9.56. The fraction of sp³-hybridized carbons (Fsp3) is 0.727. The van der Waals surface area contributed by atoms with Crippen LogP contribution in [0.2, 0.25) is 0 Å². The fourth-order valence-electron chi connectivity index (χ4n) is 1.82. The van der Waals surface area contributed by atoms with Gasteiger partial charge in [-0.05, 0) is 33.1 Å². The van der Waals surface area contributed by atoms with Crippen LogP contribution in [-0.2, 0) is 0 Å². The number of hydrogen-bond acceptors (Lipinski definition) is 2. The van der Waals surface area contributed by atoms with Crippen LogP contribution in [0.3, 0.4) is 0 Å². The highest BCUT2D eigenvalue weighted by Crippen LogP contribution is 2.44. The molecular formula is C11H19N3. The molecule has 3 heteroatoms. The van der Waals surface area contributed by atoms with Crippen LogP contribution in [0.25, 0.3) is 0 Å². The molecule has 0 amide bonds. The average Bonchev–Trinajstić information content (AvgIpc) is 2.66. The minimum Gasteiger partial charge on any atom is -0.353 e. The van der Waals surface area contributed by atoms with Crippen LogP contribution < -0.4 is 5.32 Å². The highest BCUT2D eigenvalue weighted by molar-refractivity contribution is 5.31. The summed E-state index contributed by atoms with van der Waals surface area (Å²) in [6.45, 7) is 8.63. The first-order valence-corrected chi connectivity index (χ1v) is 5.40. The van der Waals surface area contributed by atoms with Gasteiger partial charge in [0.25, 0.3) is 0 Å². The maximum atomic E-state index is 4.50. The van der Waals surface area contributed by atoms with E-state index in [1.54, 1.807) is 0 Å². The van der Waals surface area contributed by atoms with Crippen LogP contribution in [0, 0.1) is 12.8 Å². The smallest absolute Gasteiger partial charge is 0.203 e. The molecule has 1 aromatic heterocycles. The van der Waals surface area contributed by atoms with Crippen molar-refractivity contribution in [2.75, 3.05) is 5.32 Å². The Morgan fingerprint density at radius 1 is 1.57 bits per heavy atom. The van der Waals surface area contributed by atoms with Gasteiger partial charge in [-0.25, -0.2) is 4.98 Å². The zero-order valence-electron chi connectivity index (χ0n) is 9.41. The van der Waals surface area contributed by atoms with Gasteiger partial charge in [0.2, 0.25) is 5.95 Å². The summed E-state index contributed by atoms with van der Waals surface area (Å²) in [6, 6.07) is 1.13. The number of imidazole rings is 1. The highest BCUT2D eigenvalue weighted by atomic mass is 15.2. The van der Waals surface area contributed by atoms with Crippen molar-refractivity contribution in [2.45, 2.75) is 46.2 Å². The Labute approximate surface area is 85.5 Å². The Morgan fingerprint density at radius 3 is 2.71 bits per heavy atom. The van der Waals surface area contributed by atoms with Crippen LogP contribution >= 0.6 is 0 Å². The predicted molar refractivity (Wildman–Crippen MR) is 58.5 cm³/mol. The molecule has 1 aliphatic carbocycles. The molecule has 0 aliphatic heterocycles. The number of nitrogens with one attached hydrogen (secondary N) is 1. The van der Waals surface area contributed by atoms with E-state index in [4.69, 9.17) is 0 Å². The summed E-state index contributed by atoms with van der Waals surface area (Å²) in [7, 11) is 0. The van der Waals surface area contributed by atoms with Crippen molar-refractivity contribution in [1.29, 1.82) is 0 Å². The quantitative estimate of drug-likeness (QED) is 0.799. The molecule has 0 aromatic carbocycles. The lowest BCUT2D eigenvalue weighted by Crippen LogP contribution is -2.14. The van der Waals surface area contributed by atoms with E-state index in [0.29, 0.717) is 12.1 Å². The summed E-state index contributed by atoms with van der Waals surface area (Å²) in [4.78, 5) is 4.50. The molecule has 14 heavy (non-hydrogen) atoms. The van der Waals surface area contributed by atoms with Crippen molar-refractivity contribution in [2.24, 2.45) is 5.92 Å². The third kappa shape index (κ3) is 1.76. The monoisotopic (exact) mass is 193 g/mol. The molecule has 1 aromatic rings. The number of aromatic nitrogens is 2. The second-order valence-electron chi connectivity index (χ2n) is 4.69. The van der Waals surface area contributed by atoms with Gasteiger partial charge in [-0.3, -0.25) is 0 Å². The highest BCUT2D eigenvalue weighted by Gasteiger charge is 2.35. The maximum Gasteiger partial charge on any atom is 0.203 e. The van der Waals surface area contributed by atoms with Crippen molar-refractivity contribution < 1.29 is 0 Å². The molecular weight excluding hydrogens is 174 g/mol. The lowest BCUT2D eigenvalue weighted by molar-refractivity contribution is 0.681. The second kappa shape index (κ2) is 3.30. The van der Waals surface area contributed by atoms with Gasteiger partial charge in [0.15, 0.2) is 0 Å². The molecule has 0 spiro atoms. The topological polar surface area (TPSA) is 29.9 Å². The van der Waals surface area contributed by atoms with Gasteiger partial charge < -0.3 is 9.88 Å². The first-order valence-electron chi connectivity index (χ1n) is 5.40. The van der Waals surface area contributed by atoms with E-state index >= 15 is 0 Å². The molecule has 0 saturated heterocycles. The van der Waals surface area contributed by atoms with Crippen molar-refractivity contribution in [3.63, 3.8) is 0 Å². The van der Waals surface area contributed by atoms with E-state index in [9.17, 15) is 0 Å². The summed E-state index contributed by atoms with van der Waals surface area (Å²) < 4.78 is 2.29. The number of nitrogens with zero attached hydrogens (tertiary/aromatic N) is 2. The second-order valence-corrected chi connectivity index (χ2v) is 4.69. The molecule has 2 rings (SSSR count). The zero-order chi connectivity index (χ0) is 10.3. The SMILES string of the molecule is Cc1cn(C2CC2C)c(NC(C)C)n1. The molecule has 3 nitrogen and oxygen atoms in total. The Balaban J connectivity index is 2.20. The molecule has 78 valence electrons. The van der Waals surface area contributed by atoms with Gasteiger partial charge in [0.05, 0.1) is 5.69 Å². The molecule has 1 N–H and O–H groups in total. The normalized spacial score (nSPS) is 25.5. The third-order valence-electron chi connectivity index (χ3n) is 2.69. The van der Waals surface area contributed by atoms with Crippen molar-refractivity contribution in [1.82, 2.24) is 9.55 Å². The van der Waals surface area contributed by atoms with E-state index in [0.717, 1.165) is 17.6 Å². The van der Waals surface area contributed by atoms with Gasteiger partial charge >= 0.3 is 0 Å². The van der Waals surface area contributed by atoms with Crippen molar-refractivity contribution >= 4 is 5.95 Å². The van der Waals surface area contributed by atoms with Crippen LogP contribution in [0.5, 0.6) is 0 Å². The van der Waals surface area contributed by atoms with Crippen molar-refractivity contribution in [3.05, 3.63) is 11.9 Å². The molecule has 0 bridgehead atoms. The summed E-state index contributed by atoms with van der Waals surface area (Å²) in [5, 5.41) is 3.39. The number of hydrogen-bond donors (Lipinski definition) is 1. The van der Waals surface area contributed by atoms with Gasteiger partial charge in [0, 0.05) is 18.3 Å². The maximum absolute atomic E-state index is 4.50. The van der Waals surface area contributed by atoms with E-state index in [-0.39, 0.29) is 0 Å². The summed E-state index contributed by atoms with van der Waals surface area (Å²) in [5.74, 6) is 1.85. The Hall–Kier alpha value is -0.990. The first-order chi connectivity index (χ1) is 6.58. The summed E-state index contributed by atoms with van der Waals surface area (Å²) in [6.07, 6.45) is 3.45. The van der Waals surface area contributed by atoms with Crippen molar-refractivity contribution in [3.8, 4) is 0 Å². The summed E-state index contributed by atoms with van der Waals surface area (Å²) in [5.41, 5.74) is 1.10. The largest absolute Gasteiger partial charge is 0.353 e. The minimum absolute atomic E-state index is 0.449. The van der Waals surface area contributed by atoms with E-state index in [2.05, 4.69) is 48.8 Å². The molecule has 0 radical (unpaired) electrons. The molecule has 1 aliphatic rings. The lowest BCUT2D eigenvalue weighted by atomic mass is 10.4. The molecule has 1 heterocycles. The van der Waals surface area contributed by atoms with E-state index in [1.165, 1.54) is 6.42 Å².